The lowest BCUT2D eigenvalue weighted by Gasteiger charge is -2.32. The minimum absolute atomic E-state index is 0.0110. The highest BCUT2D eigenvalue weighted by molar-refractivity contribution is 7.92. The summed E-state index contributed by atoms with van der Waals surface area (Å²) in [5, 5.41) is 2.97. The Hall–Kier alpha value is -3.43. The summed E-state index contributed by atoms with van der Waals surface area (Å²) in [6, 6.07) is 18.7. The van der Waals surface area contributed by atoms with Gasteiger partial charge in [-0.2, -0.15) is 0 Å². The number of sulfonamides is 1. The van der Waals surface area contributed by atoms with E-state index in [0.717, 1.165) is 17.1 Å². The van der Waals surface area contributed by atoms with Crippen LogP contribution in [0.3, 0.4) is 0 Å². The Morgan fingerprint density at radius 3 is 2.24 bits per heavy atom. The SMILES string of the molecule is CCCCNC(=O)[C@@H](C)N(Cc1ccc(F)cc1)C(=O)CN(c1ccccc1Cl)S(=O)(=O)c1ccccc1. The number of unbranched alkanes of at least 4 members (excludes halogenated alkanes) is 1. The minimum atomic E-state index is -4.20. The number of carbonyl (C=O) groups excluding carboxylic acids is 2. The number of carbonyl (C=O) groups is 2. The van der Waals surface area contributed by atoms with E-state index < -0.39 is 34.3 Å². The van der Waals surface area contributed by atoms with Gasteiger partial charge in [0.15, 0.2) is 0 Å². The molecule has 3 aromatic carbocycles. The molecule has 10 heteroatoms. The van der Waals surface area contributed by atoms with Gasteiger partial charge in [0.25, 0.3) is 10.0 Å². The van der Waals surface area contributed by atoms with Gasteiger partial charge < -0.3 is 10.2 Å². The summed E-state index contributed by atoms with van der Waals surface area (Å²) in [5.41, 5.74) is 0.719. The highest BCUT2D eigenvalue weighted by Gasteiger charge is 2.33. The molecule has 1 N–H and O–H groups in total. The summed E-state index contributed by atoms with van der Waals surface area (Å²) < 4.78 is 41.8. The van der Waals surface area contributed by atoms with Gasteiger partial charge in [-0.05, 0) is 55.3 Å². The van der Waals surface area contributed by atoms with E-state index in [-0.39, 0.29) is 28.1 Å². The fourth-order valence-corrected chi connectivity index (χ4v) is 5.53. The average Bonchev–Trinajstić information content (AvgIpc) is 2.92. The Labute approximate surface area is 228 Å². The van der Waals surface area contributed by atoms with Gasteiger partial charge in [0, 0.05) is 13.1 Å². The zero-order valence-corrected chi connectivity index (χ0v) is 22.9. The second kappa shape index (κ2) is 13.4. The first-order chi connectivity index (χ1) is 18.1. The lowest BCUT2D eigenvalue weighted by Crippen LogP contribution is -2.51. The minimum Gasteiger partial charge on any atom is -0.354 e. The van der Waals surface area contributed by atoms with Gasteiger partial charge in [0.1, 0.15) is 18.4 Å². The first-order valence-corrected chi connectivity index (χ1v) is 14.1. The molecule has 0 aliphatic carbocycles. The van der Waals surface area contributed by atoms with E-state index in [1.54, 1.807) is 37.3 Å². The third-order valence-corrected chi connectivity index (χ3v) is 8.09. The molecule has 0 aromatic heterocycles. The van der Waals surface area contributed by atoms with Crippen molar-refractivity contribution < 1.29 is 22.4 Å². The van der Waals surface area contributed by atoms with Crippen LogP contribution in [0.1, 0.15) is 32.3 Å². The van der Waals surface area contributed by atoms with E-state index in [1.807, 2.05) is 6.92 Å². The third kappa shape index (κ3) is 7.33. The Morgan fingerprint density at radius 2 is 1.61 bits per heavy atom. The van der Waals surface area contributed by atoms with Crippen molar-refractivity contribution in [2.45, 2.75) is 44.2 Å². The first kappa shape index (κ1) is 29.1. The van der Waals surface area contributed by atoms with Crippen LogP contribution in [0.4, 0.5) is 10.1 Å². The van der Waals surface area contributed by atoms with E-state index in [1.165, 1.54) is 53.4 Å². The van der Waals surface area contributed by atoms with Crippen LogP contribution in [0.2, 0.25) is 5.02 Å². The van der Waals surface area contributed by atoms with Crippen molar-refractivity contribution in [1.82, 2.24) is 10.2 Å². The maximum absolute atomic E-state index is 13.8. The molecule has 0 heterocycles. The smallest absolute Gasteiger partial charge is 0.264 e. The number of anilines is 1. The maximum atomic E-state index is 13.8. The second-order valence-electron chi connectivity index (χ2n) is 8.74. The normalized spacial score (nSPS) is 12.0. The van der Waals surface area contributed by atoms with Crippen molar-refractivity contribution in [2.75, 3.05) is 17.4 Å². The van der Waals surface area contributed by atoms with E-state index in [0.29, 0.717) is 12.1 Å². The van der Waals surface area contributed by atoms with Crippen LogP contribution in [0, 0.1) is 5.82 Å². The molecule has 7 nitrogen and oxygen atoms in total. The molecule has 202 valence electrons. The van der Waals surface area contributed by atoms with Gasteiger partial charge >= 0.3 is 0 Å². The molecule has 0 fully saturated rings. The Kier molecular flexibility index (Phi) is 10.3. The van der Waals surface area contributed by atoms with Gasteiger partial charge in [0.05, 0.1) is 15.6 Å². The van der Waals surface area contributed by atoms with Crippen LogP contribution in [-0.2, 0) is 26.2 Å². The molecule has 0 aliphatic rings. The predicted octanol–water partition coefficient (Wildman–Crippen LogP) is 5.01. The highest BCUT2D eigenvalue weighted by Crippen LogP contribution is 2.30. The number of hydrogen-bond acceptors (Lipinski definition) is 4. The number of hydrogen-bond donors (Lipinski definition) is 1. The Bertz CT molecular complexity index is 1340. The zero-order chi connectivity index (χ0) is 27.7. The number of para-hydroxylation sites is 1. The van der Waals surface area contributed by atoms with E-state index in [4.69, 9.17) is 11.6 Å². The zero-order valence-electron chi connectivity index (χ0n) is 21.3. The van der Waals surface area contributed by atoms with Crippen LogP contribution in [0.5, 0.6) is 0 Å². The van der Waals surface area contributed by atoms with Gasteiger partial charge in [-0.25, -0.2) is 12.8 Å². The molecule has 38 heavy (non-hydrogen) atoms. The first-order valence-electron chi connectivity index (χ1n) is 12.3. The van der Waals surface area contributed by atoms with Gasteiger partial charge in [-0.1, -0.05) is 67.4 Å². The van der Waals surface area contributed by atoms with E-state index in [9.17, 15) is 22.4 Å². The molecular formula is C28H31ClFN3O4S. The van der Waals surface area contributed by atoms with E-state index in [2.05, 4.69) is 5.32 Å². The van der Waals surface area contributed by atoms with Crippen molar-refractivity contribution in [3.05, 3.63) is 95.3 Å². The summed E-state index contributed by atoms with van der Waals surface area (Å²) in [6.07, 6.45) is 1.66. The molecule has 0 radical (unpaired) electrons. The summed E-state index contributed by atoms with van der Waals surface area (Å²) >= 11 is 6.37. The number of nitrogens with one attached hydrogen (secondary N) is 1. The fourth-order valence-electron chi connectivity index (χ4n) is 3.79. The van der Waals surface area contributed by atoms with Crippen LogP contribution >= 0.6 is 11.6 Å². The standard InChI is InChI=1S/C28H31ClFN3O4S/c1-3-4-18-31-28(35)21(2)32(19-22-14-16-23(30)17-15-22)27(34)20-33(26-13-9-8-12-25(26)29)38(36,37)24-10-6-5-7-11-24/h5-17,21H,3-4,18-20H2,1-2H3,(H,31,35)/t21-/m1/s1. The van der Waals surface area contributed by atoms with Gasteiger partial charge in [0.2, 0.25) is 11.8 Å². The summed E-state index contributed by atoms with van der Waals surface area (Å²) in [7, 11) is -4.20. The Balaban J connectivity index is 1.99. The molecule has 1 atom stereocenters. The number of benzene rings is 3. The molecule has 0 saturated carbocycles. The number of halogens is 2. The molecular weight excluding hydrogens is 529 g/mol. The number of amides is 2. The predicted molar refractivity (Wildman–Crippen MR) is 147 cm³/mol. The van der Waals surface area contributed by atoms with Crippen molar-refractivity contribution >= 4 is 39.1 Å². The summed E-state index contributed by atoms with van der Waals surface area (Å²) in [5.74, 6) is -1.42. The Morgan fingerprint density at radius 1 is 0.974 bits per heavy atom. The van der Waals surface area contributed by atoms with Crippen LogP contribution in [0.15, 0.2) is 83.8 Å². The van der Waals surface area contributed by atoms with Gasteiger partial charge in [-0.15, -0.1) is 0 Å². The quantitative estimate of drug-likeness (QED) is 0.316. The average molecular weight is 560 g/mol. The van der Waals surface area contributed by atoms with Crippen molar-refractivity contribution in [2.24, 2.45) is 0 Å². The number of rotatable bonds is 12. The second-order valence-corrected chi connectivity index (χ2v) is 11.0. The topological polar surface area (TPSA) is 86.8 Å². The molecule has 0 bridgehead atoms. The molecule has 0 saturated heterocycles. The lowest BCUT2D eigenvalue weighted by atomic mass is 10.1. The molecule has 0 aliphatic heterocycles. The van der Waals surface area contributed by atoms with Crippen molar-refractivity contribution in [3.8, 4) is 0 Å². The largest absolute Gasteiger partial charge is 0.354 e. The van der Waals surface area contributed by atoms with Crippen molar-refractivity contribution in [3.63, 3.8) is 0 Å². The van der Waals surface area contributed by atoms with Crippen LogP contribution < -0.4 is 9.62 Å². The maximum Gasteiger partial charge on any atom is 0.264 e. The highest BCUT2D eigenvalue weighted by atomic mass is 35.5. The lowest BCUT2D eigenvalue weighted by molar-refractivity contribution is -0.139. The van der Waals surface area contributed by atoms with E-state index >= 15 is 0 Å². The number of nitrogens with zero attached hydrogens (tertiary/aromatic N) is 2. The monoisotopic (exact) mass is 559 g/mol. The third-order valence-electron chi connectivity index (χ3n) is 5.99. The van der Waals surface area contributed by atoms with Crippen LogP contribution in [0.25, 0.3) is 0 Å². The molecule has 3 aromatic rings. The molecule has 3 rings (SSSR count). The molecule has 0 unspecified atom stereocenters. The fraction of sp³-hybridized carbons (Fsp3) is 0.286. The molecule has 0 spiro atoms. The van der Waals surface area contributed by atoms with Gasteiger partial charge in [-0.3, -0.25) is 13.9 Å². The summed E-state index contributed by atoms with van der Waals surface area (Å²) in [6.45, 7) is 3.40. The van der Waals surface area contributed by atoms with Crippen LogP contribution in [-0.4, -0.2) is 44.3 Å². The van der Waals surface area contributed by atoms with Crippen molar-refractivity contribution in [1.29, 1.82) is 0 Å². The molecule has 2 amide bonds. The summed E-state index contributed by atoms with van der Waals surface area (Å²) in [4.78, 5) is 28.0.